The van der Waals surface area contributed by atoms with Crippen LogP contribution in [0.2, 0.25) is 5.02 Å². The molecule has 3 aliphatic heterocycles. The van der Waals surface area contributed by atoms with Crippen LogP contribution >= 0.6 is 11.6 Å². The van der Waals surface area contributed by atoms with Gasteiger partial charge in [-0.15, -0.1) is 0 Å². The van der Waals surface area contributed by atoms with Crippen LogP contribution in [0.1, 0.15) is 12.5 Å². The molecule has 150 valence electrons. The molecule has 0 bridgehead atoms. The number of guanidine groups is 1. The molecule has 1 aromatic rings. The highest BCUT2D eigenvalue weighted by Crippen LogP contribution is 2.25. The number of carbonyl (C=O) groups excluding carboxylic acids is 2. The van der Waals surface area contributed by atoms with Gasteiger partial charge in [0.05, 0.1) is 0 Å². The number of nitrogens with zero attached hydrogens (tertiary/aromatic N) is 5. The minimum Gasteiger partial charge on any atom is -0.340 e. The van der Waals surface area contributed by atoms with Gasteiger partial charge in [-0.25, -0.2) is 9.79 Å². The van der Waals surface area contributed by atoms with Crippen LogP contribution in [0.15, 0.2) is 29.3 Å². The van der Waals surface area contributed by atoms with Gasteiger partial charge in [0.15, 0.2) is 18.2 Å². The number of aliphatic imine (C=N–C) groups is 1. The normalized spacial score (nSPS) is 25.7. The number of likely N-dealkylation sites (N-methyl/N-ethyl adjacent to an activating group) is 2. The number of hydrogen-bond donors (Lipinski definition) is 1. The summed E-state index contributed by atoms with van der Waals surface area (Å²) in [4.78, 5) is 37.3. The molecule has 0 radical (unpaired) electrons. The van der Waals surface area contributed by atoms with Crippen molar-refractivity contribution in [1.29, 1.82) is 0 Å². The number of fused-ring (bicyclic) bond motifs is 1. The fourth-order valence-corrected chi connectivity index (χ4v) is 4.19. The first-order valence-corrected chi connectivity index (χ1v) is 9.99. The monoisotopic (exact) mass is 404 g/mol. The topological polar surface area (TPSA) is 71.5 Å². The third-order valence-electron chi connectivity index (χ3n) is 5.65. The number of benzene rings is 1. The van der Waals surface area contributed by atoms with Crippen LogP contribution in [0.4, 0.5) is 4.79 Å². The Morgan fingerprint density at radius 1 is 1.14 bits per heavy atom. The van der Waals surface area contributed by atoms with E-state index in [-0.39, 0.29) is 11.9 Å². The summed E-state index contributed by atoms with van der Waals surface area (Å²) >= 11 is 5.96. The van der Waals surface area contributed by atoms with Gasteiger partial charge in [0.1, 0.15) is 0 Å². The van der Waals surface area contributed by atoms with E-state index >= 15 is 0 Å². The molecule has 4 rings (SSSR count). The summed E-state index contributed by atoms with van der Waals surface area (Å²) in [6.07, 6.45) is -0.455. The molecular formula is C19H25ClN6O2. The van der Waals surface area contributed by atoms with Crippen LogP contribution in [-0.4, -0.2) is 89.5 Å². The van der Waals surface area contributed by atoms with Crippen molar-refractivity contribution in [3.63, 3.8) is 0 Å². The van der Waals surface area contributed by atoms with E-state index in [1.165, 1.54) is 10.5 Å². The molecule has 2 atom stereocenters. The van der Waals surface area contributed by atoms with Crippen LogP contribution in [0, 0.1) is 0 Å². The highest BCUT2D eigenvalue weighted by atomic mass is 35.5. The van der Waals surface area contributed by atoms with E-state index in [2.05, 4.69) is 27.2 Å². The Hall–Kier alpha value is -2.32. The molecule has 0 spiro atoms. The van der Waals surface area contributed by atoms with E-state index < -0.39 is 12.2 Å². The smallest absolute Gasteiger partial charge is 0.325 e. The van der Waals surface area contributed by atoms with Gasteiger partial charge in [0.2, 0.25) is 0 Å². The number of amides is 3. The summed E-state index contributed by atoms with van der Waals surface area (Å²) in [5.41, 5.74) is 1.24. The van der Waals surface area contributed by atoms with Gasteiger partial charge in [-0.05, 0) is 24.6 Å². The molecule has 0 aliphatic carbocycles. The molecule has 9 heteroatoms. The number of urea groups is 1. The maximum atomic E-state index is 12.4. The Morgan fingerprint density at radius 3 is 2.46 bits per heavy atom. The molecular weight excluding hydrogens is 380 g/mol. The first-order valence-electron chi connectivity index (χ1n) is 9.61. The molecule has 3 amide bonds. The van der Waals surface area contributed by atoms with Crippen LogP contribution in [0.25, 0.3) is 0 Å². The summed E-state index contributed by atoms with van der Waals surface area (Å²) in [6, 6.07) is 7.12. The zero-order chi connectivity index (χ0) is 19.8. The Bertz CT molecular complexity index is 790. The fourth-order valence-electron chi connectivity index (χ4n) is 4.07. The summed E-state index contributed by atoms with van der Waals surface area (Å²) in [6.45, 7) is 7.06. The third-order valence-corrected chi connectivity index (χ3v) is 5.91. The van der Waals surface area contributed by atoms with Gasteiger partial charge in [-0.3, -0.25) is 15.0 Å². The Kier molecular flexibility index (Phi) is 5.16. The zero-order valence-electron chi connectivity index (χ0n) is 16.1. The van der Waals surface area contributed by atoms with Gasteiger partial charge < -0.3 is 14.7 Å². The lowest BCUT2D eigenvalue weighted by Crippen LogP contribution is -2.64. The van der Waals surface area contributed by atoms with Gasteiger partial charge in [-0.1, -0.05) is 23.7 Å². The van der Waals surface area contributed by atoms with Crippen molar-refractivity contribution in [2.24, 2.45) is 4.99 Å². The van der Waals surface area contributed by atoms with Crippen molar-refractivity contribution in [2.75, 3.05) is 39.8 Å². The van der Waals surface area contributed by atoms with Gasteiger partial charge in [-0.2, -0.15) is 0 Å². The predicted molar refractivity (Wildman–Crippen MR) is 107 cm³/mol. The third kappa shape index (κ3) is 3.42. The molecule has 8 nitrogen and oxygen atoms in total. The molecule has 3 heterocycles. The summed E-state index contributed by atoms with van der Waals surface area (Å²) in [5, 5.41) is 3.17. The second-order valence-electron chi connectivity index (χ2n) is 7.37. The summed E-state index contributed by atoms with van der Waals surface area (Å²) in [7, 11) is 1.68. The molecule has 2 unspecified atom stereocenters. The molecule has 3 aliphatic rings. The SMILES string of the molecule is CCN1C(N2CCN(Cc3ccc(Cl)cc3)CC2)=NC2C1C(=O)NC(=O)N2C. The lowest BCUT2D eigenvalue weighted by atomic mass is 10.1. The van der Waals surface area contributed by atoms with Crippen molar-refractivity contribution in [1.82, 2.24) is 24.9 Å². The lowest BCUT2D eigenvalue weighted by molar-refractivity contribution is -0.127. The van der Waals surface area contributed by atoms with Gasteiger partial charge >= 0.3 is 6.03 Å². The lowest BCUT2D eigenvalue weighted by Gasteiger charge is -2.40. The van der Waals surface area contributed by atoms with E-state index in [0.29, 0.717) is 6.54 Å². The van der Waals surface area contributed by atoms with E-state index in [0.717, 1.165) is 43.7 Å². The van der Waals surface area contributed by atoms with Crippen LogP contribution in [0.3, 0.4) is 0 Å². The standard InChI is InChI=1S/C19H25ClN6O2/c1-3-26-15-16(23(2)19(28)22-17(15)27)21-18(26)25-10-8-24(9-11-25)12-13-4-6-14(20)7-5-13/h4-7,15-16H,3,8-12H2,1-2H3,(H,22,27,28). The summed E-state index contributed by atoms with van der Waals surface area (Å²) in [5.74, 6) is 0.551. The molecule has 1 aromatic carbocycles. The number of hydrogen-bond acceptors (Lipinski definition) is 6. The molecule has 0 aromatic heterocycles. The Morgan fingerprint density at radius 2 is 1.82 bits per heavy atom. The highest BCUT2D eigenvalue weighted by molar-refractivity contribution is 6.30. The van der Waals surface area contributed by atoms with Crippen molar-refractivity contribution < 1.29 is 9.59 Å². The van der Waals surface area contributed by atoms with E-state index in [4.69, 9.17) is 16.6 Å². The second kappa shape index (κ2) is 7.60. The van der Waals surface area contributed by atoms with E-state index in [9.17, 15) is 9.59 Å². The fraction of sp³-hybridized carbons (Fsp3) is 0.526. The van der Waals surface area contributed by atoms with Crippen LogP contribution < -0.4 is 5.32 Å². The number of imide groups is 1. The summed E-state index contributed by atoms with van der Waals surface area (Å²) < 4.78 is 0. The van der Waals surface area contributed by atoms with Gasteiger partial charge in [0, 0.05) is 51.3 Å². The van der Waals surface area contributed by atoms with Crippen LogP contribution in [0.5, 0.6) is 0 Å². The Balaban J connectivity index is 1.43. The van der Waals surface area contributed by atoms with Crippen LogP contribution in [-0.2, 0) is 11.3 Å². The molecule has 0 saturated carbocycles. The molecule has 2 fully saturated rings. The predicted octanol–water partition coefficient (Wildman–Crippen LogP) is 1.03. The highest BCUT2D eigenvalue weighted by Gasteiger charge is 2.49. The maximum Gasteiger partial charge on any atom is 0.325 e. The van der Waals surface area contributed by atoms with Crippen molar-refractivity contribution in [2.45, 2.75) is 25.7 Å². The first-order chi connectivity index (χ1) is 13.5. The number of carbonyl (C=O) groups is 2. The first kappa shape index (κ1) is 19.0. The quantitative estimate of drug-likeness (QED) is 0.814. The number of nitrogens with one attached hydrogen (secondary N) is 1. The minimum absolute atomic E-state index is 0.268. The maximum absolute atomic E-state index is 12.4. The van der Waals surface area contributed by atoms with E-state index in [1.54, 1.807) is 7.05 Å². The van der Waals surface area contributed by atoms with Crippen molar-refractivity contribution in [3.05, 3.63) is 34.9 Å². The minimum atomic E-state index is -0.455. The van der Waals surface area contributed by atoms with E-state index in [1.807, 2.05) is 24.0 Å². The van der Waals surface area contributed by atoms with Gasteiger partial charge in [0.25, 0.3) is 5.91 Å². The Labute approximate surface area is 169 Å². The largest absolute Gasteiger partial charge is 0.340 e. The number of piperazine rings is 1. The number of halogens is 1. The molecule has 28 heavy (non-hydrogen) atoms. The number of rotatable bonds is 3. The average molecular weight is 405 g/mol. The second-order valence-corrected chi connectivity index (χ2v) is 7.80. The molecule has 2 saturated heterocycles. The molecule has 1 N–H and O–H groups in total. The van der Waals surface area contributed by atoms with Crippen molar-refractivity contribution >= 4 is 29.5 Å². The zero-order valence-corrected chi connectivity index (χ0v) is 16.9. The average Bonchev–Trinajstić information content (AvgIpc) is 3.09. The van der Waals surface area contributed by atoms with Crippen molar-refractivity contribution in [3.8, 4) is 0 Å².